The average Bonchev–Trinajstić information content (AvgIpc) is 2.27. The zero-order chi connectivity index (χ0) is 10.8. The third-order valence-corrected chi connectivity index (χ3v) is 4.36. The van der Waals surface area contributed by atoms with Crippen LogP contribution in [0.2, 0.25) is 0 Å². The number of hydrogen-bond acceptors (Lipinski definition) is 2. The molecule has 0 fully saturated rings. The van der Waals surface area contributed by atoms with E-state index >= 15 is 0 Å². The molecule has 1 N–H and O–H groups in total. The molecule has 0 bridgehead atoms. The predicted octanol–water partition coefficient (Wildman–Crippen LogP) is 3.15. The van der Waals surface area contributed by atoms with E-state index in [1.54, 1.807) is 11.8 Å². The first-order valence-corrected chi connectivity index (χ1v) is 6.17. The summed E-state index contributed by atoms with van der Waals surface area (Å²) in [5.41, 5.74) is 0.951. The van der Waals surface area contributed by atoms with E-state index in [1.807, 2.05) is 18.2 Å². The Morgan fingerprint density at radius 3 is 2.93 bits per heavy atom. The number of carbonyl (C=O) groups excluding carboxylic acids is 1. The second-order valence-corrected chi connectivity index (χ2v) is 5.09. The van der Waals surface area contributed by atoms with Crippen LogP contribution in [0.25, 0.3) is 0 Å². The fourth-order valence-corrected chi connectivity index (χ4v) is 2.92. The standard InChI is InChI=1S/C12H15NOS/c1-3-8(2)11-12(14)13-9-6-4-5-7-10(9)15-11/h4-8,11H,3H2,1-2H3,(H,13,14). The summed E-state index contributed by atoms with van der Waals surface area (Å²) in [6.45, 7) is 4.25. The maximum absolute atomic E-state index is 11.8. The Balaban J connectivity index is 2.26. The topological polar surface area (TPSA) is 29.1 Å². The molecule has 2 atom stereocenters. The smallest absolute Gasteiger partial charge is 0.238 e. The van der Waals surface area contributed by atoms with Gasteiger partial charge in [0.25, 0.3) is 0 Å². The van der Waals surface area contributed by atoms with E-state index in [0.29, 0.717) is 5.92 Å². The Morgan fingerprint density at radius 2 is 2.20 bits per heavy atom. The fraction of sp³-hybridized carbons (Fsp3) is 0.417. The molecule has 2 rings (SSSR count). The molecule has 0 aliphatic carbocycles. The van der Waals surface area contributed by atoms with Crippen LogP contribution in [0.3, 0.4) is 0 Å². The summed E-state index contributed by atoms with van der Waals surface area (Å²) in [4.78, 5) is 13.0. The lowest BCUT2D eigenvalue weighted by atomic mass is 10.0. The number of thioether (sulfide) groups is 1. The Bertz CT molecular complexity index is 378. The van der Waals surface area contributed by atoms with Crippen LogP contribution in [0, 0.1) is 5.92 Å². The van der Waals surface area contributed by atoms with Crippen LogP contribution in [-0.2, 0) is 4.79 Å². The summed E-state index contributed by atoms with van der Waals surface area (Å²) in [6.07, 6.45) is 1.03. The van der Waals surface area contributed by atoms with Crippen molar-refractivity contribution in [2.45, 2.75) is 30.4 Å². The molecule has 0 radical (unpaired) electrons. The molecule has 2 unspecified atom stereocenters. The summed E-state index contributed by atoms with van der Waals surface area (Å²) in [5, 5.41) is 3.03. The number of para-hydroxylation sites is 1. The quantitative estimate of drug-likeness (QED) is 0.831. The molecule has 1 aromatic rings. The number of fused-ring (bicyclic) bond motifs is 1. The zero-order valence-corrected chi connectivity index (χ0v) is 9.80. The van der Waals surface area contributed by atoms with Gasteiger partial charge in [-0.15, -0.1) is 11.8 Å². The number of rotatable bonds is 2. The first kappa shape index (κ1) is 10.6. The Hall–Kier alpha value is -0.960. The molecule has 0 saturated carbocycles. The first-order valence-electron chi connectivity index (χ1n) is 5.29. The minimum absolute atomic E-state index is 0.0601. The third-order valence-electron chi connectivity index (χ3n) is 2.82. The van der Waals surface area contributed by atoms with Gasteiger partial charge in [-0.05, 0) is 18.1 Å². The number of benzene rings is 1. The van der Waals surface area contributed by atoms with Crippen molar-refractivity contribution in [2.24, 2.45) is 5.92 Å². The largest absolute Gasteiger partial charge is 0.324 e. The molecule has 1 aliphatic heterocycles. The van der Waals surface area contributed by atoms with Crippen molar-refractivity contribution < 1.29 is 4.79 Å². The normalized spacial score (nSPS) is 21.7. The number of nitrogens with one attached hydrogen (secondary N) is 1. The maximum atomic E-state index is 11.8. The van der Waals surface area contributed by atoms with Crippen molar-refractivity contribution in [3.8, 4) is 0 Å². The van der Waals surface area contributed by atoms with E-state index in [4.69, 9.17) is 0 Å². The van der Waals surface area contributed by atoms with Crippen molar-refractivity contribution in [1.29, 1.82) is 0 Å². The summed E-state index contributed by atoms with van der Waals surface area (Å²) >= 11 is 1.69. The molecule has 1 amide bonds. The van der Waals surface area contributed by atoms with Crippen LogP contribution in [0.1, 0.15) is 20.3 Å². The Labute approximate surface area is 94.4 Å². The molecule has 80 valence electrons. The minimum Gasteiger partial charge on any atom is -0.324 e. The van der Waals surface area contributed by atoms with Gasteiger partial charge in [-0.1, -0.05) is 32.4 Å². The van der Waals surface area contributed by atoms with Crippen molar-refractivity contribution in [3.05, 3.63) is 24.3 Å². The number of anilines is 1. The highest BCUT2D eigenvalue weighted by atomic mass is 32.2. The highest BCUT2D eigenvalue weighted by Gasteiger charge is 2.30. The van der Waals surface area contributed by atoms with Gasteiger partial charge >= 0.3 is 0 Å². The second kappa shape index (κ2) is 4.27. The highest BCUT2D eigenvalue weighted by Crippen LogP contribution is 2.38. The lowest BCUT2D eigenvalue weighted by Gasteiger charge is -2.27. The van der Waals surface area contributed by atoms with E-state index in [1.165, 1.54) is 4.90 Å². The number of amides is 1. The summed E-state index contributed by atoms with van der Waals surface area (Å²) in [5.74, 6) is 0.566. The molecule has 1 heterocycles. The number of hydrogen-bond donors (Lipinski definition) is 1. The molecular formula is C12H15NOS. The van der Waals surface area contributed by atoms with Gasteiger partial charge in [0, 0.05) is 4.90 Å². The molecular weight excluding hydrogens is 206 g/mol. The van der Waals surface area contributed by atoms with Crippen LogP contribution in [0.15, 0.2) is 29.2 Å². The van der Waals surface area contributed by atoms with Crippen LogP contribution >= 0.6 is 11.8 Å². The minimum atomic E-state index is 0.0601. The molecule has 0 saturated heterocycles. The average molecular weight is 221 g/mol. The number of carbonyl (C=O) groups is 1. The Morgan fingerprint density at radius 1 is 1.47 bits per heavy atom. The van der Waals surface area contributed by atoms with E-state index in [-0.39, 0.29) is 11.2 Å². The summed E-state index contributed by atoms with van der Waals surface area (Å²) < 4.78 is 0. The van der Waals surface area contributed by atoms with Crippen molar-refractivity contribution in [1.82, 2.24) is 0 Å². The molecule has 0 spiro atoms. The second-order valence-electron chi connectivity index (χ2n) is 3.91. The highest BCUT2D eigenvalue weighted by molar-refractivity contribution is 8.01. The lowest BCUT2D eigenvalue weighted by Crippen LogP contribution is -2.33. The van der Waals surface area contributed by atoms with Crippen LogP contribution in [0.5, 0.6) is 0 Å². The van der Waals surface area contributed by atoms with Gasteiger partial charge in [0.1, 0.15) is 0 Å². The maximum Gasteiger partial charge on any atom is 0.238 e. The van der Waals surface area contributed by atoms with Crippen LogP contribution in [0.4, 0.5) is 5.69 Å². The van der Waals surface area contributed by atoms with Gasteiger partial charge in [-0.3, -0.25) is 4.79 Å². The van der Waals surface area contributed by atoms with Crippen molar-refractivity contribution in [2.75, 3.05) is 5.32 Å². The zero-order valence-electron chi connectivity index (χ0n) is 8.99. The fourth-order valence-electron chi connectivity index (χ4n) is 1.66. The summed E-state index contributed by atoms with van der Waals surface area (Å²) in [7, 11) is 0. The van der Waals surface area contributed by atoms with E-state index in [2.05, 4.69) is 25.2 Å². The van der Waals surface area contributed by atoms with E-state index < -0.39 is 0 Å². The van der Waals surface area contributed by atoms with Gasteiger partial charge in [-0.25, -0.2) is 0 Å². The predicted molar refractivity (Wildman–Crippen MR) is 64.2 cm³/mol. The van der Waals surface area contributed by atoms with Crippen LogP contribution in [-0.4, -0.2) is 11.2 Å². The Kier molecular flexibility index (Phi) is 3.00. The van der Waals surface area contributed by atoms with Crippen molar-refractivity contribution in [3.63, 3.8) is 0 Å². The molecule has 1 aromatic carbocycles. The molecule has 1 aliphatic rings. The molecule has 2 nitrogen and oxygen atoms in total. The van der Waals surface area contributed by atoms with Crippen molar-refractivity contribution >= 4 is 23.4 Å². The van der Waals surface area contributed by atoms with Crippen LogP contribution < -0.4 is 5.32 Å². The third kappa shape index (κ3) is 2.02. The van der Waals surface area contributed by atoms with E-state index in [9.17, 15) is 4.79 Å². The first-order chi connectivity index (χ1) is 7.22. The molecule has 3 heteroatoms. The lowest BCUT2D eigenvalue weighted by molar-refractivity contribution is -0.116. The summed E-state index contributed by atoms with van der Waals surface area (Å²) in [6, 6.07) is 7.97. The molecule has 0 aromatic heterocycles. The molecule has 15 heavy (non-hydrogen) atoms. The monoisotopic (exact) mass is 221 g/mol. The van der Waals surface area contributed by atoms with Gasteiger partial charge in [0.2, 0.25) is 5.91 Å². The van der Waals surface area contributed by atoms with E-state index in [0.717, 1.165) is 12.1 Å². The van der Waals surface area contributed by atoms with Gasteiger partial charge in [-0.2, -0.15) is 0 Å². The van der Waals surface area contributed by atoms with Gasteiger partial charge in [0.15, 0.2) is 0 Å². The van der Waals surface area contributed by atoms with Gasteiger partial charge < -0.3 is 5.32 Å². The SMILES string of the molecule is CCC(C)C1Sc2ccccc2NC1=O. The van der Waals surface area contributed by atoms with Gasteiger partial charge in [0.05, 0.1) is 10.9 Å².